The van der Waals surface area contributed by atoms with E-state index in [1.165, 1.54) is 31.4 Å². The molecule has 0 aliphatic heterocycles. The molecule has 0 N–H and O–H groups in total. The Morgan fingerprint density at radius 2 is 2.25 bits per heavy atom. The summed E-state index contributed by atoms with van der Waals surface area (Å²) in [5.41, 5.74) is 0. The standard InChI is InChI=1S/C7H13S/c1-2-6-8-7-4-3-5-7/h2-6H2,1H3. The zero-order valence-corrected chi connectivity index (χ0v) is 6.26. The van der Waals surface area contributed by atoms with Crippen LogP contribution in [0.4, 0.5) is 0 Å². The van der Waals surface area contributed by atoms with Gasteiger partial charge in [0.15, 0.2) is 0 Å². The van der Waals surface area contributed by atoms with Crippen LogP contribution in [0, 0.1) is 5.25 Å². The van der Waals surface area contributed by atoms with E-state index in [1.54, 1.807) is 5.25 Å². The van der Waals surface area contributed by atoms with E-state index in [2.05, 4.69) is 18.7 Å². The Bertz CT molecular complexity index is 57.4. The van der Waals surface area contributed by atoms with Crippen molar-refractivity contribution in [2.45, 2.75) is 32.6 Å². The Kier molecular flexibility index (Phi) is 2.74. The molecule has 47 valence electrons. The zero-order chi connectivity index (χ0) is 5.82. The number of thioether (sulfide) groups is 1. The predicted octanol–water partition coefficient (Wildman–Crippen LogP) is 2.85. The first kappa shape index (κ1) is 6.47. The molecule has 8 heavy (non-hydrogen) atoms. The third kappa shape index (κ3) is 1.70. The zero-order valence-electron chi connectivity index (χ0n) is 5.44. The van der Waals surface area contributed by atoms with Gasteiger partial charge in [-0.25, -0.2) is 0 Å². The lowest BCUT2D eigenvalue weighted by Crippen LogP contribution is -2.03. The minimum Gasteiger partial charge on any atom is -0.154 e. The van der Waals surface area contributed by atoms with Crippen LogP contribution in [0.15, 0.2) is 0 Å². The molecule has 0 unspecified atom stereocenters. The van der Waals surface area contributed by atoms with E-state index in [-0.39, 0.29) is 0 Å². The topological polar surface area (TPSA) is 0 Å². The Morgan fingerprint density at radius 1 is 1.50 bits per heavy atom. The van der Waals surface area contributed by atoms with Crippen LogP contribution in [-0.2, 0) is 0 Å². The van der Waals surface area contributed by atoms with E-state index in [0.29, 0.717) is 0 Å². The van der Waals surface area contributed by atoms with Crippen LogP contribution in [0.3, 0.4) is 0 Å². The van der Waals surface area contributed by atoms with Crippen LogP contribution in [0.5, 0.6) is 0 Å². The van der Waals surface area contributed by atoms with Gasteiger partial charge in [0.25, 0.3) is 0 Å². The van der Waals surface area contributed by atoms with Crippen LogP contribution in [0.2, 0.25) is 0 Å². The molecule has 1 radical (unpaired) electrons. The highest BCUT2D eigenvalue weighted by molar-refractivity contribution is 8.02. The van der Waals surface area contributed by atoms with Crippen molar-refractivity contribution in [1.82, 2.24) is 0 Å². The van der Waals surface area contributed by atoms with Crippen LogP contribution >= 0.6 is 11.8 Å². The van der Waals surface area contributed by atoms with Crippen LogP contribution in [0.25, 0.3) is 0 Å². The maximum atomic E-state index is 2.24. The molecule has 0 aromatic carbocycles. The fraction of sp³-hybridized carbons (Fsp3) is 0.857. The minimum absolute atomic E-state index is 1.33. The van der Waals surface area contributed by atoms with Gasteiger partial charge in [0, 0.05) is 5.25 Å². The van der Waals surface area contributed by atoms with E-state index < -0.39 is 0 Å². The summed E-state index contributed by atoms with van der Waals surface area (Å²) in [7, 11) is 0. The minimum atomic E-state index is 1.33. The Hall–Kier alpha value is 0.350. The molecule has 0 bridgehead atoms. The summed E-state index contributed by atoms with van der Waals surface area (Å²) in [6.45, 7) is 2.24. The van der Waals surface area contributed by atoms with Gasteiger partial charge in [-0.3, -0.25) is 0 Å². The fourth-order valence-corrected chi connectivity index (χ4v) is 1.78. The lowest BCUT2D eigenvalue weighted by atomic mass is 10.0. The molecule has 1 aliphatic rings. The molecule has 1 aliphatic carbocycles. The van der Waals surface area contributed by atoms with Gasteiger partial charge >= 0.3 is 0 Å². The van der Waals surface area contributed by atoms with Gasteiger partial charge in [-0.1, -0.05) is 13.3 Å². The summed E-state index contributed by atoms with van der Waals surface area (Å²) < 4.78 is 0. The maximum absolute atomic E-state index is 2.24. The highest BCUT2D eigenvalue weighted by Crippen LogP contribution is 2.38. The van der Waals surface area contributed by atoms with Gasteiger partial charge in [-0.2, -0.15) is 11.8 Å². The molecule has 0 spiro atoms. The van der Waals surface area contributed by atoms with E-state index in [0.717, 1.165) is 0 Å². The molecule has 0 aromatic heterocycles. The Labute approximate surface area is 56.0 Å². The number of hydrogen-bond donors (Lipinski definition) is 0. The monoisotopic (exact) mass is 129 g/mol. The van der Waals surface area contributed by atoms with Crippen LogP contribution in [-0.4, -0.2) is 5.75 Å². The molecule has 0 heterocycles. The van der Waals surface area contributed by atoms with Gasteiger partial charge in [-0.05, 0) is 25.0 Å². The fourth-order valence-electron chi connectivity index (χ4n) is 0.712. The van der Waals surface area contributed by atoms with Crippen molar-refractivity contribution in [2.24, 2.45) is 0 Å². The summed E-state index contributed by atoms with van der Waals surface area (Å²) in [5, 5.41) is 1.74. The van der Waals surface area contributed by atoms with Crippen molar-refractivity contribution >= 4 is 11.8 Å². The highest BCUT2D eigenvalue weighted by atomic mass is 32.2. The largest absolute Gasteiger partial charge is 0.154 e. The molecule has 1 rings (SSSR count). The molecular formula is C7H13S. The SMILES string of the molecule is CCCS[C]1CCC1. The van der Waals surface area contributed by atoms with Gasteiger partial charge in [0.1, 0.15) is 0 Å². The van der Waals surface area contributed by atoms with Crippen molar-refractivity contribution in [3.63, 3.8) is 0 Å². The molecule has 0 aromatic rings. The van der Waals surface area contributed by atoms with Gasteiger partial charge in [-0.15, -0.1) is 0 Å². The van der Waals surface area contributed by atoms with E-state index in [9.17, 15) is 0 Å². The first-order valence-corrected chi connectivity index (χ1v) is 4.39. The van der Waals surface area contributed by atoms with Crippen molar-refractivity contribution in [3.05, 3.63) is 5.25 Å². The van der Waals surface area contributed by atoms with Crippen molar-refractivity contribution in [1.29, 1.82) is 0 Å². The number of rotatable bonds is 3. The summed E-state index contributed by atoms with van der Waals surface area (Å²) >= 11 is 2.08. The first-order valence-electron chi connectivity index (χ1n) is 3.41. The normalized spacial score (nSPS) is 20.6. The number of hydrogen-bond acceptors (Lipinski definition) is 1. The van der Waals surface area contributed by atoms with Crippen molar-refractivity contribution in [3.8, 4) is 0 Å². The molecular weight excluding hydrogens is 116 g/mol. The average molecular weight is 129 g/mol. The second-order valence-electron chi connectivity index (χ2n) is 2.24. The van der Waals surface area contributed by atoms with E-state index in [4.69, 9.17) is 0 Å². The Balaban J connectivity index is 1.86. The summed E-state index contributed by atoms with van der Waals surface area (Å²) in [6, 6.07) is 0. The van der Waals surface area contributed by atoms with Gasteiger partial charge in [0.05, 0.1) is 0 Å². The second-order valence-corrected chi connectivity index (χ2v) is 3.51. The van der Waals surface area contributed by atoms with Crippen LogP contribution in [0.1, 0.15) is 32.6 Å². The smallest absolute Gasteiger partial charge is 0.0306 e. The maximum Gasteiger partial charge on any atom is 0.0306 e. The predicted molar refractivity (Wildman–Crippen MR) is 39.8 cm³/mol. The molecule has 0 saturated heterocycles. The third-order valence-corrected chi connectivity index (χ3v) is 2.85. The highest BCUT2D eigenvalue weighted by Gasteiger charge is 2.17. The lowest BCUT2D eigenvalue weighted by Gasteiger charge is -2.23. The van der Waals surface area contributed by atoms with Crippen molar-refractivity contribution in [2.75, 3.05) is 5.75 Å². The van der Waals surface area contributed by atoms with E-state index in [1.807, 2.05) is 0 Å². The molecule has 0 atom stereocenters. The van der Waals surface area contributed by atoms with Gasteiger partial charge in [0.2, 0.25) is 0 Å². The van der Waals surface area contributed by atoms with Gasteiger partial charge < -0.3 is 0 Å². The second kappa shape index (κ2) is 3.39. The molecule has 1 saturated carbocycles. The summed E-state index contributed by atoms with van der Waals surface area (Å²) in [5.74, 6) is 1.34. The Morgan fingerprint density at radius 3 is 2.62 bits per heavy atom. The van der Waals surface area contributed by atoms with E-state index >= 15 is 0 Å². The average Bonchev–Trinajstić information content (AvgIpc) is 1.63. The lowest BCUT2D eigenvalue weighted by molar-refractivity contribution is 0.626. The third-order valence-electron chi connectivity index (χ3n) is 1.42. The molecule has 1 heteroatoms. The van der Waals surface area contributed by atoms with Crippen molar-refractivity contribution < 1.29 is 0 Å². The molecule has 0 nitrogen and oxygen atoms in total. The summed E-state index contributed by atoms with van der Waals surface area (Å²) in [4.78, 5) is 0. The molecule has 1 fully saturated rings. The van der Waals surface area contributed by atoms with Crippen LogP contribution < -0.4 is 0 Å². The summed E-state index contributed by atoms with van der Waals surface area (Å²) in [6.07, 6.45) is 5.59. The quantitative estimate of drug-likeness (QED) is 0.564. The first-order chi connectivity index (χ1) is 3.93. The molecule has 0 amide bonds.